The first kappa shape index (κ1) is 23.0. The highest BCUT2D eigenvalue weighted by atomic mass is 79.9. The molecule has 0 spiro atoms. The molecule has 0 heterocycles. The van der Waals surface area contributed by atoms with Crippen LogP contribution in [0.4, 0.5) is 5.69 Å². The monoisotopic (exact) mass is 502 g/mol. The Hall–Kier alpha value is -2.68. The molecule has 0 saturated heterocycles. The number of benzene rings is 3. The number of sulfonamides is 1. The van der Waals surface area contributed by atoms with E-state index in [2.05, 4.69) is 26.0 Å². The molecule has 2 N–H and O–H groups in total. The first-order valence-electron chi connectivity index (χ1n) is 9.73. The fourth-order valence-electron chi connectivity index (χ4n) is 2.94. The molecule has 3 rings (SSSR count). The Morgan fingerprint density at radius 1 is 0.968 bits per heavy atom. The molecule has 0 radical (unpaired) electrons. The van der Waals surface area contributed by atoms with Crippen LogP contribution < -0.4 is 14.8 Å². The summed E-state index contributed by atoms with van der Waals surface area (Å²) in [6, 6.07) is 21.4. The Labute approximate surface area is 190 Å². The van der Waals surface area contributed by atoms with Crippen LogP contribution in [0.15, 0.2) is 88.2 Å². The second-order valence-corrected chi connectivity index (χ2v) is 9.39. The summed E-state index contributed by atoms with van der Waals surface area (Å²) in [5, 5.41) is 2.78. The number of anilines is 1. The van der Waals surface area contributed by atoms with Crippen molar-refractivity contribution < 1.29 is 17.9 Å². The molecule has 0 fully saturated rings. The normalized spacial score (nSPS) is 12.2. The van der Waals surface area contributed by atoms with Crippen LogP contribution in [-0.4, -0.2) is 27.0 Å². The molecule has 0 aliphatic heterocycles. The summed E-state index contributed by atoms with van der Waals surface area (Å²) in [6.07, 6.45) is 0.208. The molecule has 0 saturated carbocycles. The lowest BCUT2D eigenvalue weighted by molar-refractivity contribution is -0.117. The summed E-state index contributed by atoms with van der Waals surface area (Å²) in [5.74, 6) is 0.135. The number of halogens is 1. The van der Waals surface area contributed by atoms with Crippen molar-refractivity contribution in [2.75, 3.05) is 11.9 Å². The lowest BCUT2D eigenvalue weighted by Gasteiger charge is -2.19. The third-order valence-corrected chi connectivity index (χ3v) is 6.47. The zero-order chi connectivity index (χ0) is 22.3. The SMILES string of the molecule is CCOc1ccc(S(=O)(=O)N[C@@H](Cc2ccccc2)C(=O)Nc2ccc(Br)cc2)cc1. The molecule has 1 amide bonds. The molecule has 3 aromatic carbocycles. The van der Waals surface area contributed by atoms with Gasteiger partial charge in [0.15, 0.2) is 0 Å². The number of carbonyl (C=O) groups excluding carboxylic acids is 1. The van der Waals surface area contributed by atoms with Crippen LogP contribution in [0, 0.1) is 0 Å². The van der Waals surface area contributed by atoms with Gasteiger partial charge in [0.1, 0.15) is 11.8 Å². The van der Waals surface area contributed by atoms with Crippen LogP contribution in [0.25, 0.3) is 0 Å². The lowest BCUT2D eigenvalue weighted by Crippen LogP contribution is -2.45. The van der Waals surface area contributed by atoms with Gasteiger partial charge >= 0.3 is 0 Å². The molecule has 0 aliphatic rings. The minimum absolute atomic E-state index is 0.0606. The maximum absolute atomic E-state index is 13.0. The smallest absolute Gasteiger partial charge is 0.242 e. The van der Waals surface area contributed by atoms with E-state index >= 15 is 0 Å². The van der Waals surface area contributed by atoms with Crippen molar-refractivity contribution in [3.05, 3.63) is 88.9 Å². The van der Waals surface area contributed by atoms with Crippen molar-refractivity contribution in [3.63, 3.8) is 0 Å². The summed E-state index contributed by atoms with van der Waals surface area (Å²) in [7, 11) is -3.93. The fourth-order valence-corrected chi connectivity index (χ4v) is 4.40. The van der Waals surface area contributed by atoms with Gasteiger partial charge in [-0.15, -0.1) is 0 Å². The maximum atomic E-state index is 13.0. The average molecular weight is 503 g/mol. The molecule has 31 heavy (non-hydrogen) atoms. The molecule has 0 aromatic heterocycles. The van der Waals surface area contributed by atoms with Crippen LogP contribution in [0.3, 0.4) is 0 Å². The van der Waals surface area contributed by atoms with E-state index in [1.54, 1.807) is 36.4 Å². The summed E-state index contributed by atoms with van der Waals surface area (Å²) < 4.78 is 34.7. The highest BCUT2D eigenvalue weighted by molar-refractivity contribution is 9.10. The molecular formula is C23H23BrN2O4S. The van der Waals surface area contributed by atoms with Crippen molar-refractivity contribution >= 4 is 37.5 Å². The predicted molar refractivity (Wildman–Crippen MR) is 125 cm³/mol. The first-order chi connectivity index (χ1) is 14.9. The molecule has 0 aliphatic carbocycles. The fraction of sp³-hybridized carbons (Fsp3) is 0.174. The Bertz CT molecular complexity index is 1100. The third-order valence-electron chi connectivity index (χ3n) is 4.45. The quantitative estimate of drug-likeness (QED) is 0.454. The number of hydrogen-bond donors (Lipinski definition) is 2. The number of nitrogens with one attached hydrogen (secondary N) is 2. The summed E-state index contributed by atoms with van der Waals surface area (Å²) >= 11 is 3.35. The molecular weight excluding hydrogens is 480 g/mol. The van der Waals surface area contributed by atoms with E-state index in [9.17, 15) is 13.2 Å². The Morgan fingerprint density at radius 3 is 2.23 bits per heavy atom. The van der Waals surface area contributed by atoms with Crippen LogP contribution >= 0.6 is 15.9 Å². The number of amides is 1. The van der Waals surface area contributed by atoms with Crippen LogP contribution in [0.2, 0.25) is 0 Å². The van der Waals surface area contributed by atoms with E-state index in [0.717, 1.165) is 10.0 Å². The van der Waals surface area contributed by atoms with E-state index in [1.165, 1.54) is 12.1 Å². The van der Waals surface area contributed by atoms with E-state index < -0.39 is 22.0 Å². The predicted octanol–water partition coefficient (Wildman–Crippen LogP) is 4.38. The Morgan fingerprint density at radius 2 is 1.61 bits per heavy atom. The minimum atomic E-state index is -3.93. The highest BCUT2D eigenvalue weighted by Gasteiger charge is 2.26. The van der Waals surface area contributed by atoms with Crippen molar-refractivity contribution in [3.8, 4) is 5.75 Å². The van der Waals surface area contributed by atoms with Gasteiger partial charge in [0.2, 0.25) is 15.9 Å². The summed E-state index contributed by atoms with van der Waals surface area (Å²) in [6.45, 7) is 2.34. The second kappa shape index (κ2) is 10.6. The number of rotatable bonds is 9. The van der Waals surface area contributed by atoms with Gasteiger partial charge in [0.25, 0.3) is 0 Å². The van der Waals surface area contributed by atoms with E-state index in [1.807, 2.05) is 37.3 Å². The molecule has 1 atom stereocenters. The van der Waals surface area contributed by atoms with Gasteiger partial charge in [0, 0.05) is 10.2 Å². The molecule has 3 aromatic rings. The average Bonchev–Trinajstić information content (AvgIpc) is 2.76. The summed E-state index contributed by atoms with van der Waals surface area (Å²) in [4.78, 5) is 13.0. The van der Waals surface area contributed by atoms with Gasteiger partial charge in [0.05, 0.1) is 11.5 Å². The third kappa shape index (κ3) is 6.65. The van der Waals surface area contributed by atoms with Crippen molar-refractivity contribution in [2.45, 2.75) is 24.3 Å². The van der Waals surface area contributed by atoms with Crippen LogP contribution in [0.1, 0.15) is 12.5 Å². The Balaban J connectivity index is 1.82. The molecule has 0 bridgehead atoms. The van der Waals surface area contributed by atoms with Gasteiger partial charge in [-0.3, -0.25) is 4.79 Å². The first-order valence-corrected chi connectivity index (χ1v) is 12.0. The molecule has 162 valence electrons. The van der Waals surface area contributed by atoms with E-state index in [-0.39, 0.29) is 11.3 Å². The highest BCUT2D eigenvalue weighted by Crippen LogP contribution is 2.18. The standard InChI is InChI=1S/C23H23BrN2O4S/c1-2-30-20-12-14-21(15-13-20)31(28,29)26-22(16-17-6-4-3-5-7-17)23(27)25-19-10-8-18(24)9-11-19/h3-15,22,26H,2,16H2,1H3,(H,25,27)/t22-/m0/s1. The van der Waals surface area contributed by atoms with Gasteiger partial charge in [-0.2, -0.15) is 4.72 Å². The van der Waals surface area contributed by atoms with Gasteiger partial charge in [-0.1, -0.05) is 46.3 Å². The lowest BCUT2D eigenvalue weighted by atomic mass is 10.1. The topological polar surface area (TPSA) is 84.5 Å². The van der Waals surface area contributed by atoms with Crippen molar-refractivity contribution in [1.82, 2.24) is 4.72 Å². The van der Waals surface area contributed by atoms with Crippen LogP contribution in [0.5, 0.6) is 5.75 Å². The summed E-state index contributed by atoms with van der Waals surface area (Å²) in [5.41, 5.74) is 1.42. The van der Waals surface area contributed by atoms with E-state index in [4.69, 9.17) is 4.74 Å². The molecule has 6 nitrogen and oxygen atoms in total. The number of hydrogen-bond acceptors (Lipinski definition) is 4. The zero-order valence-corrected chi connectivity index (χ0v) is 19.3. The molecule has 8 heteroatoms. The maximum Gasteiger partial charge on any atom is 0.242 e. The van der Waals surface area contributed by atoms with Gasteiger partial charge in [-0.05, 0) is 67.4 Å². The minimum Gasteiger partial charge on any atom is -0.494 e. The Kier molecular flexibility index (Phi) is 7.84. The second-order valence-electron chi connectivity index (χ2n) is 6.76. The van der Waals surface area contributed by atoms with Gasteiger partial charge in [-0.25, -0.2) is 8.42 Å². The van der Waals surface area contributed by atoms with Crippen molar-refractivity contribution in [1.29, 1.82) is 0 Å². The molecule has 0 unspecified atom stereocenters. The number of ether oxygens (including phenoxy) is 1. The van der Waals surface area contributed by atoms with Crippen LogP contribution in [-0.2, 0) is 21.2 Å². The largest absolute Gasteiger partial charge is 0.494 e. The van der Waals surface area contributed by atoms with Crippen molar-refractivity contribution in [2.24, 2.45) is 0 Å². The van der Waals surface area contributed by atoms with E-state index in [0.29, 0.717) is 18.0 Å². The zero-order valence-electron chi connectivity index (χ0n) is 16.9. The van der Waals surface area contributed by atoms with Gasteiger partial charge < -0.3 is 10.1 Å². The number of carbonyl (C=O) groups is 1.